The smallest absolute Gasteiger partial charge is 0.243 e. The van der Waals surface area contributed by atoms with Crippen LogP contribution in [-0.4, -0.2) is 26.8 Å². The van der Waals surface area contributed by atoms with Crippen LogP contribution >= 0.6 is 0 Å². The van der Waals surface area contributed by atoms with Crippen molar-refractivity contribution in [3.63, 3.8) is 0 Å². The molecule has 6 heteroatoms. The lowest BCUT2D eigenvalue weighted by Gasteiger charge is -2.17. The molecule has 0 radical (unpaired) electrons. The molecule has 0 saturated carbocycles. The van der Waals surface area contributed by atoms with E-state index in [1.54, 1.807) is 31.5 Å². The van der Waals surface area contributed by atoms with E-state index in [1.807, 2.05) is 26.1 Å². The van der Waals surface area contributed by atoms with Crippen molar-refractivity contribution >= 4 is 10.0 Å². The van der Waals surface area contributed by atoms with Crippen molar-refractivity contribution in [2.24, 2.45) is 0 Å². The molecule has 114 valence electrons. The number of hydrogen-bond acceptors (Lipinski definition) is 4. The van der Waals surface area contributed by atoms with Gasteiger partial charge in [0.15, 0.2) is 0 Å². The molecule has 2 aromatic rings. The Balaban J connectivity index is 2.18. The molecule has 0 fully saturated rings. The van der Waals surface area contributed by atoms with E-state index in [2.05, 4.69) is 5.32 Å². The second-order valence-electron chi connectivity index (χ2n) is 4.97. The summed E-state index contributed by atoms with van der Waals surface area (Å²) in [6.07, 6.45) is 3.08. The van der Waals surface area contributed by atoms with Crippen LogP contribution in [-0.2, 0) is 16.6 Å². The fraction of sp³-hybridized carbons (Fsp3) is 0.333. The van der Waals surface area contributed by atoms with Crippen molar-refractivity contribution in [2.45, 2.75) is 24.4 Å². The van der Waals surface area contributed by atoms with Crippen LogP contribution in [0, 0.1) is 0 Å². The molecule has 1 aromatic carbocycles. The molecule has 0 saturated heterocycles. The Morgan fingerprint density at radius 3 is 2.43 bits per heavy atom. The number of furan rings is 1. The number of benzene rings is 1. The predicted octanol–water partition coefficient (Wildman–Crippen LogP) is 2.38. The summed E-state index contributed by atoms with van der Waals surface area (Å²) in [5, 5.41) is 3.12. The van der Waals surface area contributed by atoms with Gasteiger partial charge in [-0.15, -0.1) is 0 Å². The fourth-order valence-corrected chi connectivity index (χ4v) is 3.16. The molecule has 1 aromatic heterocycles. The van der Waals surface area contributed by atoms with Gasteiger partial charge < -0.3 is 9.73 Å². The summed E-state index contributed by atoms with van der Waals surface area (Å²) in [5.41, 5.74) is 1.87. The van der Waals surface area contributed by atoms with Crippen molar-refractivity contribution in [1.82, 2.24) is 9.62 Å². The average Bonchev–Trinajstić information content (AvgIpc) is 2.99. The summed E-state index contributed by atoms with van der Waals surface area (Å²) in [7, 11) is -0.0620. The first-order valence-corrected chi connectivity index (χ1v) is 8.14. The van der Waals surface area contributed by atoms with Crippen molar-refractivity contribution < 1.29 is 12.8 Å². The number of nitrogens with one attached hydrogen (secondary N) is 1. The van der Waals surface area contributed by atoms with Crippen LogP contribution in [0.3, 0.4) is 0 Å². The van der Waals surface area contributed by atoms with Crippen LogP contribution in [0.2, 0.25) is 0 Å². The number of rotatable bonds is 6. The van der Waals surface area contributed by atoms with Crippen LogP contribution in [0.5, 0.6) is 0 Å². The zero-order chi connectivity index (χ0) is 15.5. The number of hydrogen-bond donors (Lipinski definition) is 1. The third kappa shape index (κ3) is 3.53. The molecule has 0 aliphatic rings. The Kier molecular flexibility index (Phi) is 4.82. The van der Waals surface area contributed by atoms with Gasteiger partial charge in [-0.3, -0.25) is 0 Å². The highest BCUT2D eigenvalue weighted by Crippen LogP contribution is 2.20. The summed E-state index contributed by atoms with van der Waals surface area (Å²) in [6, 6.07) is 8.89. The minimum absolute atomic E-state index is 0.186. The second-order valence-corrected chi connectivity index (χ2v) is 7.02. The minimum atomic E-state index is -3.49. The molecule has 2 rings (SSSR count). The van der Waals surface area contributed by atoms with Gasteiger partial charge in [-0.1, -0.05) is 12.1 Å². The van der Waals surface area contributed by atoms with E-state index < -0.39 is 10.0 Å². The number of nitrogens with zero attached hydrogens (tertiary/aromatic N) is 1. The van der Waals surface area contributed by atoms with Crippen molar-refractivity contribution in [2.75, 3.05) is 14.1 Å². The molecule has 21 heavy (non-hydrogen) atoms. The summed E-state index contributed by atoms with van der Waals surface area (Å²) in [5.74, 6) is 0. The molecule has 1 atom stereocenters. The molecule has 1 N–H and O–H groups in total. The Morgan fingerprint density at radius 2 is 1.90 bits per heavy atom. The van der Waals surface area contributed by atoms with E-state index in [0.717, 1.165) is 11.1 Å². The average molecular weight is 308 g/mol. The van der Waals surface area contributed by atoms with Gasteiger partial charge in [0.05, 0.1) is 17.4 Å². The molecule has 0 aliphatic heterocycles. The van der Waals surface area contributed by atoms with Gasteiger partial charge in [0, 0.05) is 25.2 Å². The minimum Gasteiger partial charge on any atom is -0.472 e. The Hall–Kier alpha value is -1.63. The lowest BCUT2D eigenvalue weighted by Crippen LogP contribution is -2.26. The van der Waals surface area contributed by atoms with Gasteiger partial charge in [0.25, 0.3) is 0 Å². The van der Waals surface area contributed by atoms with E-state index in [4.69, 9.17) is 4.42 Å². The summed E-state index contributed by atoms with van der Waals surface area (Å²) in [4.78, 5) is 0.292. The summed E-state index contributed by atoms with van der Waals surface area (Å²) < 4.78 is 31.3. The molecule has 1 heterocycles. The van der Waals surface area contributed by atoms with Gasteiger partial charge in [-0.2, -0.15) is 4.31 Å². The van der Waals surface area contributed by atoms with E-state index in [0.29, 0.717) is 4.90 Å². The van der Waals surface area contributed by atoms with Crippen LogP contribution < -0.4 is 5.32 Å². The lowest BCUT2D eigenvalue weighted by atomic mass is 10.1. The maximum atomic E-state index is 12.5. The zero-order valence-corrected chi connectivity index (χ0v) is 13.2. The zero-order valence-electron chi connectivity index (χ0n) is 12.4. The maximum Gasteiger partial charge on any atom is 0.243 e. The van der Waals surface area contributed by atoms with Crippen molar-refractivity contribution in [3.05, 3.63) is 54.0 Å². The first-order chi connectivity index (χ1) is 9.95. The molecule has 5 nitrogen and oxygen atoms in total. The molecular weight excluding hydrogens is 288 g/mol. The Morgan fingerprint density at radius 1 is 1.24 bits per heavy atom. The predicted molar refractivity (Wildman–Crippen MR) is 81.3 cm³/mol. The SMILES string of the molecule is CNC(C)c1ccc(S(=O)(=O)N(C)Cc2ccoc2)cc1. The van der Waals surface area contributed by atoms with Gasteiger partial charge in [0.1, 0.15) is 0 Å². The fourth-order valence-electron chi connectivity index (χ4n) is 2.00. The quantitative estimate of drug-likeness (QED) is 0.890. The van der Waals surface area contributed by atoms with E-state index in [-0.39, 0.29) is 12.6 Å². The van der Waals surface area contributed by atoms with Crippen LogP contribution in [0.1, 0.15) is 24.1 Å². The van der Waals surface area contributed by atoms with Crippen molar-refractivity contribution in [1.29, 1.82) is 0 Å². The van der Waals surface area contributed by atoms with Crippen molar-refractivity contribution in [3.8, 4) is 0 Å². The number of sulfonamides is 1. The Labute approximate surface area is 125 Å². The highest BCUT2D eigenvalue weighted by Gasteiger charge is 2.21. The lowest BCUT2D eigenvalue weighted by molar-refractivity contribution is 0.463. The van der Waals surface area contributed by atoms with Crippen LogP contribution in [0.25, 0.3) is 0 Å². The van der Waals surface area contributed by atoms with Crippen LogP contribution in [0.15, 0.2) is 52.2 Å². The maximum absolute atomic E-state index is 12.5. The van der Waals surface area contributed by atoms with Gasteiger partial charge >= 0.3 is 0 Å². The van der Waals surface area contributed by atoms with Gasteiger partial charge in [0.2, 0.25) is 10.0 Å². The molecular formula is C15H20N2O3S. The third-order valence-corrected chi connectivity index (χ3v) is 5.32. The van der Waals surface area contributed by atoms with Gasteiger partial charge in [-0.05, 0) is 37.7 Å². The largest absolute Gasteiger partial charge is 0.472 e. The summed E-state index contributed by atoms with van der Waals surface area (Å²) >= 11 is 0. The standard InChI is InChI=1S/C15H20N2O3S/c1-12(16-2)14-4-6-15(7-5-14)21(18,19)17(3)10-13-8-9-20-11-13/h4-9,11-12,16H,10H2,1-3H3. The third-order valence-electron chi connectivity index (χ3n) is 3.51. The first kappa shape index (κ1) is 15.8. The van der Waals surface area contributed by atoms with E-state index in [1.165, 1.54) is 10.6 Å². The highest BCUT2D eigenvalue weighted by atomic mass is 32.2. The highest BCUT2D eigenvalue weighted by molar-refractivity contribution is 7.89. The topological polar surface area (TPSA) is 62.6 Å². The van der Waals surface area contributed by atoms with E-state index in [9.17, 15) is 8.42 Å². The van der Waals surface area contributed by atoms with Crippen LogP contribution in [0.4, 0.5) is 0 Å². The second kappa shape index (κ2) is 6.43. The molecule has 0 spiro atoms. The Bertz CT molecular complexity index is 663. The monoisotopic (exact) mass is 308 g/mol. The van der Waals surface area contributed by atoms with E-state index >= 15 is 0 Å². The normalized spacial score (nSPS) is 13.5. The summed E-state index contributed by atoms with van der Waals surface area (Å²) in [6.45, 7) is 2.31. The molecule has 0 amide bonds. The first-order valence-electron chi connectivity index (χ1n) is 6.70. The van der Waals surface area contributed by atoms with Gasteiger partial charge in [-0.25, -0.2) is 8.42 Å². The molecule has 1 unspecified atom stereocenters. The molecule has 0 aliphatic carbocycles. The molecule has 0 bridgehead atoms.